The van der Waals surface area contributed by atoms with E-state index < -0.39 is 11.8 Å². The van der Waals surface area contributed by atoms with E-state index in [1.165, 1.54) is 11.9 Å². The quantitative estimate of drug-likeness (QED) is 0.865. The number of hydrogen-bond acceptors (Lipinski definition) is 3. The molecule has 0 aliphatic carbocycles. The predicted molar refractivity (Wildman–Crippen MR) is 81.6 cm³/mol. The van der Waals surface area contributed by atoms with E-state index in [0.29, 0.717) is 11.6 Å². The van der Waals surface area contributed by atoms with Crippen molar-refractivity contribution in [3.63, 3.8) is 0 Å². The van der Waals surface area contributed by atoms with Crippen molar-refractivity contribution in [3.05, 3.63) is 29.8 Å². The fraction of sp³-hybridized carbons (Fsp3) is 0.438. The number of likely N-dealkylation sites (N-methyl/N-ethyl adjacent to an activating group) is 1. The Morgan fingerprint density at radius 3 is 2.57 bits per heavy atom. The van der Waals surface area contributed by atoms with Gasteiger partial charge in [-0.1, -0.05) is 26.0 Å². The summed E-state index contributed by atoms with van der Waals surface area (Å²) in [4.78, 5) is 25.2. The molecule has 0 spiro atoms. The van der Waals surface area contributed by atoms with Crippen LogP contribution in [0.2, 0.25) is 0 Å². The van der Waals surface area contributed by atoms with Crippen molar-refractivity contribution in [3.8, 4) is 6.07 Å². The monoisotopic (exact) mass is 287 g/mol. The lowest BCUT2D eigenvalue weighted by Gasteiger charge is -2.22. The van der Waals surface area contributed by atoms with Crippen LogP contribution >= 0.6 is 0 Å². The van der Waals surface area contributed by atoms with Gasteiger partial charge in [-0.15, -0.1) is 0 Å². The number of carbonyl (C=O) groups is 2. The molecule has 112 valence electrons. The normalized spacial score (nSPS) is 11.6. The maximum absolute atomic E-state index is 12.0. The Balaban J connectivity index is 2.75. The molecule has 0 heterocycles. The second-order valence-corrected chi connectivity index (χ2v) is 5.36. The Labute approximate surface area is 125 Å². The van der Waals surface area contributed by atoms with Crippen molar-refractivity contribution in [1.29, 1.82) is 5.26 Å². The van der Waals surface area contributed by atoms with Gasteiger partial charge in [0.2, 0.25) is 0 Å². The minimum atomic E-state index is -0.691. The van der Waals surface area contributed by atoms with Crippen LogP contribution in [0.3, 0.4) is 0 Å². The summed E-state index contributed by atoms with van der Waals surface area (Å²) in [7, 11) is 1.52. The van der Waals surface area contributed by atoms with Gasteiger partial charge in [0.05, 0.1) is 12.5 Å². The highest BCUT2D eigenvalue weighted by Gasteiger charge is 2.22. The number of benzene rings is 1. The summed E-state index contributed by atoms with van der Waals surface area (Å²) in [6.07, 6.45) is 0.193. The van der Waals surface area contributed by atoms with Crippen LogP contribution in [0, 0.1) is 11.3 Å². The first-order valence-electron chi connectivity index (χ1n) is 6.91. The van der Waals surface area contributed by atoms with Crippen molar-refractivity contribution in [2.24, 2.45) is 0 Å². The molecule has 0 saturated carbocycles. The number of hydrogen-bond donors (Lipinski definition) is 1. The van der Waals surface area contributed by atoms with Gasteiger partial charge in [-0.05, 0) is 30.5 Å². The van der Waals surface area contributed by atoms with E-state index in [1.807, 2.05) is 24.3 Å². The molecule has 2 amide bonds. The van der Waals surface area contributed by atoms with Crippen molar-refractivity contribution in [1.82, 2.24) is 4.90 Å². The first-order chi connectivity index (χ1) is 9.86. The molecular weight excluding hydrogens is 266 g/mol. The molecule has 0 aliphatic rings. The third-order valence-corrected chi connectivity index (χ3v) is 3.37. The van der Waals surface area contributed by atoms with Crippen LogP contribution in [0.15, 0.2) is 24.3 Å². The zero-order chi connectivity index (χ0) is 16.0. The number of nitrogens with one attached hydrogen (secondary N) is 1. The molecule has 0 aliphatic heterocycles. The molecule has 1 aromatic carbocycles. The van der Waals surface area contributed by atoms with Crippen LogP contribution in [0.4, 0.5) is 5.69 Å². The minimum absolute atomic E-state index is 0.193. The molecule has 0 aromatic heterocycles. The van der Waals surface area contributed by atoms with Crippen LogP contribution in [0.1, 0.15) is 38.7 Å². The molecule has 5 heteroatoms. The summed E-state index contributed by atoms with van der Waals surface area (Å²) < 4.78 is 0. The Bertz CT molecular complexity index is 561. The maximum Gasteiger partial charge on any atom is 0.313 e. The summed E-state index contributed by atoms with van der Waals surface area (Å²) in [6.45, 7) is 5.85. The third kappa shape index (κ3) is 4.60. The molecule has 1 atom stereocenters. The van der Waals surface area contributed by atoms with E-state index >= 15 is 0 Å². The van der Waals surface area contributed by atoms with Gasteiger partial charge >= 0.3 is 11.8 Å². The molecule has 21 heavy (non-hydrogen) atoms. The van der Waals surface area contributed by atoms with E-state index in [1.54, 1.807) is 13.0 Å². The lowest BCUT2D eigenvalue weighted by atomic mass is 10.0. The number of anilines is 1. The molecule has 1 N–H and O–H groups in total. The SMILES string of the molecule is CC(C)c1cccc(NC(=O)C(=O)N(C)[C@H](C)CC#N)c1. The predicted octanol–water partition coefficient (Wildman–Crippen LogP) is 2.51. The molecule has 1 rings (SSSR count). The van der Waals surface area contributed by atoms with Crippen molar-refractivity contribution < 1.29 is 9.59 Å². The second kappa shape index (κ2) is 7.44. The van der Waals surface area contributed by atoms with Crippen LogP contribution in [-0.4, -0.2) is 29.8 Å². The average molecular weight is 287 g/mol. The third-order valence-electron chi connectivity index (χ3n) is 3.37. The molecule has 0 saturated heterocycles. The van der Waals surface area contributed by atoms with Gasteiger partial charge in [0.1, 0.15) is 0 Å². The number of nitrogens with zero attached hydrogens (tertiary/aromatic N) is 2. The highest BCUT2D eigenvalue weighted by Crippen LogP contribution is 2.18. The van der Waals surface area contributed by atoms with Gasteiger partial charge in [-0.3, -0.25) is 9.59 Å². The molecule has 0 unspecified atom stereocenters. The summed E-state index contributed by atoms with van der Waals surface area (Å²) in [5.74, 6) is -0.994. The smallest absolute Gasteiger partial charge is 0.313 e. The van der Waals surface area contributed by atoms with E-state index in [0.717, 1.165) is 5.56 Å². The maximum atomic E-state index is 12.0. The lowest BCUT2D eigenvalue weighted by Crippen LogP contribution is -2.42. The molecule has 0 bridgehead atoms. The zero-order valence-corrected chi connectivity index (χ0v) is 12.9. The molecule has 0 radical (unpaired) electrons. The fourth-order valence-corrected chi connectivity index (χ4v) is 1.79. The number of amides is 2. The first-order valence-corrected chi connectivity index (χ1v) is 6.91. The fourth-order valence-electron chi connectivity index (χ4n) is 1.79. The van der Waals surface area contributed by atoms with Crippen molar-refractivity contribution in [2.75, 3.05) is 12.4 Å². The standard InChI is InChI=1S/C16H21N3O2/c1-11(2)13-6-5-7-14(10-13)18-15(20)16(21)19(4)12(3)8-9-17/h5-7,10-12H,8H2,1-4H3,(H,18,20)/t12-/m1/s1. The number of carbonyl (C=O) groups excluding carboxylic acids is 2. The largest absolute Gasteiger partial charge is 0.334 e. The van der Waals surface area contributed by atoms with Gasteiger partial charge in [-0.25, -0.2) is 0 Å². The van der Waals surface area contributed by atoms with Gasteiger partial charge in [0, 0.05) is 18.8 Å². The number of rotatable bonds is 4. The Morgan fingerprint density at radius 2 is 2.00 bits per heavy atom. The zero-order valence-electron chi connectivity index (χ0n) is 12.9. The van der Waals surface area contributed by atoms with E-state index in [2.05, 4.69) is 19.2 Å². The van der Waals surface area contributed by atoms with E-state index in [9.17, 15) is 9.59 Å². The lowest BCUT2D eigenvalue weighted by molar-refractivity contribution is -0.143. The molecule has 1 aromatic rings. The minimum Gasteiger partial charge on any atom is -0.334 e. The van der Waals surface area contributed by atoms with Crippen LogP contribution in [0.25, 0.3) is 0 Å². The Morgan fingerprint density at radius 1 is 1.33 bits per heavy atom. The van der Waals surface area contributed by atoms with Crippen LogP contribution in [0.5, 0.6) is 0 Å². The molecular formula is C16H21N3O2. The Kier molecular flexibility index (Phi) is 5.92. The summed E-state index contributed by atoms with van der Waals surface area (Å²) in [6, 6.07) is 9.11. The highest BCUT2D eigenvalue weighted by atomic mass is 16.2. The summed E-state index contributed by atoms with van der Waals surface area (Å²) in [5.41, 5.74) is 1.69. The van der Waals surface area contributed by atoms with Gasteiger partial charge in [-0.2, -0.15) is 5.26 Å². The Hall–Kier alpha value is -2.35. The van der Waals surface area contributed by atoms with E-state index in [-0.39, 0.29) is 12.5 Å². The summed E-state index contributed by atoms with van der Waals surface area (Å²) in [5, 5.41) is 11.2. The second-order valence-electron chi connectivity index (χ2n) is 5.36. The molecule has 0 fully saturated rings. The van der Waals surface area contributed by atoms with Gasteiger partial charge < -0.3 is 10.2 Å². The average Bonchev–Trinajstić information content (AvgIpc) is 2.46. The topological polar surface area (TPSA) is 73.2 Å². The molecule has 5 nitrogen and oxygen atoms in total. The van der Waals surface area contributed by atoms with Crippen LogP contribution < -0.4 is 5.32 Å². The summed E-state index contributed by atoms with van der Waals surface area (Å²) >= 11 is 0. The number of nitriles is 1. The van der Waals surface area contributed by atoms with Gasteiger partial charge in [0.15, 0.2) is 0 Å². The van der Waals surface area contributed by atoms with Gasteiger partial charge in [0.25, 0.3) is 0 Å². The van der Waals surface area contributed by atoms with E-state index in [4.69, 9.17) is 5.26 Å². The van der Waals surface area contributed by atoms with Crippen LogP contribution in [-0.2, 0) is 9.59 Å². The highest BCUT2D eigenvalue weighted by molar-refractivity contribution is 6.39. The van der Waals surface area contributed by atoms with Crippen molar-refractivity contribution >= 4 is 17.5 Å². The van der Waals surface area contributed by atoms with Crippen molar-refractivity contribution in [2.45, 2.75) is 39.2 Å². The first kappa shape index (κ1) is 16.7.